The molecule has 0 fully saturated rings. The van der Waals surface area contributed by atoms with Crippen LogP contribution in [-0.2, 0) is 9.59 Å². The first-order chi connectivity index (χ1) is 9.19. The van der Waals surface area contributed by atoms with Crippen molar-refractivity contribution in [2.45, 2.75) is 28.9 Å². The van der Waals surface area contributed by atoms with Crippen LogP contribution in [0.5, 0.6) is 0 Å². The lowest BCUT2D eigenvalue weighted by Gasteiger charge is -2.22. The van der Waals surface area contributed by atoms with Crippen LogP contribution in [0.15, 0.2) is 24.3 Å². The van der Waals surface area contributed by atoms with E-state index in [0.717, 1.165) is 0 Å². The zero-order valence-corrected chi connectivity index (χ0v) is 13.3. The molecule has 0 atom stereocenters. The van der Waals surface area contributed by atoms with Crippen molar-refractivity contribution in [3.8, 4) is 0 Å². The van der Waals surface area contributed by atoms with Crippen LogP contribution in [0.1, 0.15) is 19.3 Å². The molecule has 0 aliphatic carbocycles. The van der Waals surface area contributed by atoms with Crippen LogP contribution in [0, 0.1) is 5.41 Å². The van der Waals surface area contributed by atoms with Crippen LogP contribution >= 0.6 is 46.4 Å². The molecular weight excluding hydrogens is 350 g/mol. The number of carbonyl (C=O) groups is 2. The van der Waals surface area contributed by atoms with Crippen molar-refractivity contribution in [3.63, 3.8) is 0 Å². The van der Waals surface area contributed by atoms with E-state index in [1.165, 1.54) is 24.3 Å². The number of rotatable bonds is 9. The number of carboxylic acids is 2. The molecule has 0 aromatic carbocycles. The van der Waals surface area contributed by atoms with Crippen molar-refractivity contribution >= 4 is 58.3 Å². The van der Waals surface area contributed by atoms with E-state index >= 15 is 0 Å². The average Bonchev–Trinajstić information content (AvgIpc) is 2.31. The van der Waals surface area contributed by atoms with Gasteiger partial charge in [0.05, 0.1) is 0 Å². The van der Waals surface area contributed by atoms with Crippen molar-refractivity contribution in [3.05, 3.63) is 24.3 Å². The minimum atomic E-state index is -1.44. The third-order valence-electron chi connectivity index (χ3n) is 2.46. The minimum Gasteiger partial charge on any atom is -0.481 e. The molecule has 0 radical (unpaired) electrons. The van der Waals surface area contributed by atoms with Gasteiger partial charge in [-0.05, 0) is 12.8 Å². The fourth-order valence-corrected chi connectivity index (χ4v) is 1.78. The molecule has 0 aliphatic rings. The van der Waals surface area contributed by atoms with Crippen LogP contribution in [0.4, 0.5) is 0 Å². The summed E-state index contributed by atoms with van der Waals surface area (Å²) in [6.07, 6.45) is 5.32. The molecule has 0 heterocycles. The van der Waals surface area contributed by atoms with Gasteiger partial charge in [-0.25, -0.2) is 0 Å². The molecule has 0 bridgehead atoms. The van der Waals surface area contributed by atoms with Gasteiger partial charge >= 0.3 is 11.9 Å². The first kappa shape index (κ1) is 19.6. The van der Waals surface area contributed by atoms with Gasteiger partial charge in [-0.15, -0.1) is 46.4 Å². The largest absolute Gasteiger partial charge is 0.481 e. The second-order valence-corrected chi connectivity index (χ2v) is 6.31. The zero-order chi connectivity index (χ0) is 15.8. The summed E-state index contributed by atoms with van der Waals surface area (Å²) in [6, 6.07) is 0. The predicted octanol–water partition coefficient (Wildman–Crippen LogP) is 4.03. The average molecular weight is 364 g/mol. The molecule has 0 saturated carbocycles. The maximum absolute atomic E-state index is 11.5. The zero-order valence-electron chi connectivity index (χ0n) is 10.3. The van der Waals surface area contributed by atoms with E-state index in [1.807, 2.05) is 0 Å². The van der Waals surface area contributed by atoms with Gasteiger partial charge in [0.15, 0.2) is 0 Å². The Morgan fingerprint density at radius 2 is 1.45 bits per heavy atom. The predicted molar refractivity (Wildman–Crippen MR) is 80.8 cm³/mol. The molecular formula is C12H14Cl4O4. The Hall–Kier alpha value is -0.420. The maximum Gasteiger partial charge on any atom is 0.317 e. The van der Waals surface area contributed by atoms with E-state index < -0.39 is 27.0 Å². The highest BCUT2D eigenvalue weighted by atomic mass is 35.5. The lowest BCUT2D eigenvalue weighted by molar-refractivity contribution is -0.144. The molecule has 8 heteroatoms. The number of hydrogen-bond acceptors (Lipinski definition) is 2. The van der Waals surface area contributed by atoms with Gasteiger partial charge in [0.2, 0.25) is 0 Å². The van der Waals surface area contributed by atoms with E-state index in [-0.39, 0.29) is 19.3 Å². The highest BCUT2D eigenvalue weighted by Crippen LogP contribution is 2.31. The molecule has 0 unspecified atom stereocenters. The molecule has 4 nitrogen and oxygen atoms in total. The lowest BCUT2D eigenvalue weighted by Crippen LogP contribution is -2.27. The van der Waals surface area contributed by atoms with E-state index in [0.29, 0.717) is 0 Å². The molecule has 114 valence electrons. The third-order valence-corrected chi connectivity index (χ3v) is 3.04. The Morgan fingerprint density at radius 3 is 1.75 bits per heavy atom. The third kappa shape index (κ3) is 8.00. The Morgan fingerprint density at radius 1 is 1.00 bits per heavy atom. The van der Waals surface area contributed by atoms with E-state index in [1.54, 1.807) is 0 Å². The van der Waals surface area contributed by atoms with Crippen molar-refractivity contribution in [1.82, 2.24) is 0 Å². The summed E-state index contributed by atoms with van der Waals surface area (Å²) < 4.78 is 0. The minimum absolute atomic E-state index is 0.0582. The fourth-order valence-electron chi connectivity index (χ4n) is 1.49. The molecule has 0 saturated heterocycles. The summed E-state index contributed by atoms with van der Waals surface area (Å²) in [6.45, 7) is 0. The van der Waals surface area contributed by atoms with E-state index in [9.17, 15) is 14.7 Å². The number of allylic oxidation sites excluding steroid dienone is 2. The Balaban J connectivity index is 5.22. The van der Waals surface area contributed by atoms with Gasteiger partial charge in [-0.3, -0.25) is 9.59 Å². The van der Waals surface area contributed by atoms with Crippen LogP contribution in [0.2, 0.25) is 0 Å². The monoisotopic (exact) mass is 362 g/mol. The molecule has 0 aliphatic heterocycles. The normalized spacial score (nSPS) is 15.3. The Kier molecular flexibility index (Phi) is 9.30. The van der Waals surface area contributed by atoms with Gasteiger partial charge in [0, 0.05) is 6.42 Å². The molecule has 0 aromatic rings. The molecule has 2 N–H and O–H groups in total. The van der Waals surface area contributed by atoms with Crippen LogP contribution in [-0.4, -0.2) is 31.8 Å². The summed E-state index contributed by atoms with van der Waals surface area (Å²) in [5.41, 5.74) is -1.44. The standard InChI is InChI=1S/C12H14Cl4O4/c13-8(14)3-6-12(11(19)20,7-4-9(15)16)5-1-2-10(17)18/h3-4,6-9H,1-2,5H2,(H,17,18)(H,19,20). The second-order valence-electron chi connectivity index (χ2n) is 3.98. The molecule has 0 rings (SSSR count). The number of alkyl halides is 4. The molecule has 0 amide bonds. The number of hydrogen-bond donors (Lipinski definition) is 2. The van der Waals surface area contributed by atoms with Gasteiger partial charge in [-0.1, -0.05) is 24.3 Å². The van der Waals surface area contributed by atoms with Crippen molar-refractivity contribution < 1.29 is 19.8 Å². The summed E-state index contributed by atoms with van der Waals surface area (Å²) in [4.78, 5) is 20.3. The number of carboxylic acid groups (broad SMARTS) is 2. The Labute approximate surface area is 136 Å². The summed E-state index contributed by atoms with van der Waals surface area (Å²) >= 11 is 22.2. The van der Waals surface area contributed by atoms with Gasteiger partial charge < -0.3 is 10.2 Å². The topological polar surface area (TPSA) is 74.6 Å². The number of aliphatic carboxylic acids is 2. The van der Waals surface area contributed by atoms with E-state index in [2.05, 4.69) is 0 Å². The van der Waals surface area contributed by atoms with E-state index in [4.69, 9.17) is 51.5 Å². The summed E-state index contributed by atoms with van der Waals surface area (Å²) in [5, 5.41) is 18.0. The summed E-state index contributed by atoms with van der Waals surface area (Å²) in [7, 11) is 0. The van der Waals surface area contributed by atoms with Crippen molar-refractivity contribution in [1.29, 1.82) is 0 Å². The maximum atomic E-state index is 11.5. The SMILES string of the molecule is O=C(O)CCCC(C=CC(Cl)Cl)(C=CC(Cl)Cl)C(=O)O. The molecule has 20 heavy (non-hydrogen) atoms. The smallest absolute Gasteiger partial charge is 0.317 e. The second kappa shape index (κ2) is 9.50. The van der Waals surface area contributed by atoms with Crippen molar-refractivity contribution in [2.24, 2.45) is 5.41 Å². The van der Waals surface area contributed by atoms with Gasteiger partial charge in [-0.2, -0.15) is 0 Å². The molecule has 0 spiro atoms. The molecule has 0 aromatic heterocycles. The van der Waals surface area contributed by atoms with Crippen LogP contribution in [0.25, 0.3) is 0 Å². The highest BCUT2D eigenvalue weighted by molar-refractivity contribution is 6.46. The Bertz CT molecular complexity index is 373. The van der Waals surface area contributed by atoms with Gasteiger partial charge in [0.1, 0.15) is 15.1 Å². The quantitative estimate of drug-likeness (QED) is 0.479. The fraction of sp³-hybridized carbons (Fsp3) is 0.500. The summed E-state index contributed by atoms with van der Waals surface area (Å²) in [5.74, 6) is -2.17. The van der Waals surface area contributed by atoms with Crippen LogP contribution in [0.3, 0.4) is 0 Å². The first-order valence-corrected chi connectivity index (χ1v) is 7.34. The number of halogens is 4. The van der Waals surface area contributed by atoms with Gasteiger partial charge in [0.25, 0.3) is 0 Å². The highest BCUT2D eigenvalue weighted by Gasteiger charge is 2.33. The first-order valence-electron chi connectivity index (χ1n) is 5.60. The van der Waals surface area contributed by atoms with Crippen molar-refractivity contribution in [2.75, 3.05) is 0 Å². The lowest BCUT2D eigenvalue weighted by atomic mass is 9.82. The van der Waals surface area contributed by atoms with Crippen LogP contribution < -0.4 is 0 Å².